The van der Waals surface area contributed by atoms with Crippen LogP contribution in [-0.2, 0) is 0 Å². The maximum atomic E-state index is 13.1. The lowest BCUT2D eigenvalue weighted by atomic mass is 10.2. The van der Waals surface area contributed by atoms with Crippen molar-refractivity contribution < 1.29 is 8.78 Å². The Hall–Kier alpha value is -2.01. The molecule has 0 saturated heterocycles. The van der Waals surface area contributed by atoms with Crippen molar-refractivity contribution in [2.24, 2.45) is 0 Å². The molecule has 0 bridgehead atoms. The Balaban J connectivity index is 1.96. The van der Waals surface area contributed by atoms with E-state index in [1.165, 1.54) is 35.6 Å². The highest BCUT2D eigenvalue weighted by molar-refractivity contribution is 7.22. The van der Waals surface area contributed by atoms with Gasteiger partial charge in [0.05, 0.1) is 10.2 Å². The first kappa shape index (κ1) is 12.0. The number of rotatable bonds is 2. The Morgan fingerprint density at radius 3 is 2.58 bits per heavy atom. The third-order valence-electron chi connectivity index (χ3n) is 2.78. The summed E-state index contributed by atoms with van der Waals surface area (Å²) in [4.78, 5) is 4.36. The number of nitrogens with zero attached hydrogens (tertiary/aromatic N) is 1. The Morgan fingerprint density at radius 2 is 1.79 bits per heavy atom. The number of anilines is 2. The van der Waals surface area contributed by atoms with E-state index in [4.69, 9.17) is 0 Å². The first-order chi connectivity index (χ1) is 9.11. The second-order valence-corrected chi connectivity index (χ2v) is 5.25. The number of hydrogen-bond acceptors (Lipinski definition) is 3. The van der Waals surface area contributed by atoms with Crippen molar-refractivity contribution in [3.05, 3.63) is 53.6 Å². The fraction of sp³-hybridized carbons (Fsp3) is 0.0714. The minimum Gasteiger partial charge on any atom is -0.331 e. The van der Waals surface area contributed by atoms with Crippen molar-refractivity contribution in [2.45, 2.75) is 6.92 Å². The maximum absolute atomic E-state index is 13.1. The number of aryl methyl sites for hydroxylation is 1. The first-order valence-electron chi connectivity index (χ1n) is 5.71. The van der Waals surface area contributed by atoms with E-state index in [0.717, 1.165) is 21.5 Å². The van der Waals surface area contributed by atoms with Gasteiger partial charge in [-0.3, -0.25) is 0 Å². The number of aromatic nitrogens is 1. The van der Waals surface area contributed by atoms with Crippen LogP contribution in [-0.4, -0.2) is 4.98 Å². The van der Waals surface area contributed by atoms with Crippen molar-refractivity contribution in [3.8, 4) is 0 Å². The first-order valence-corrected chi connectivity index (χ1v) is 6.53. The summed E-state index contributed by atoms with van der Waals surface area (Å²) in [5.74, 6) is -0.546. The molecule has 19 heavy (non-hydrogen) atoms. The van der Waals surface area contributed by atoms with Gasteiger partial charge in [0.1, 0.15) is 11.6 Å². The van der Waals surface area contributed by atoms with E-state index in [-0.39, 0.29) is 11.6 Å². The molecule has 2 aromatic carbocycles. The number of halogens is 2. The standard InChI is InChI=1S/C14H10F2N2S/c1-8-6-9(15)2-4-11(8)17-14-18-12-5-3-10(16)7-13(12)19-14/h2-7H,1H3,(H,17,18). The van der Waals surface area contributed by atoms with Crippen LogP contribution in [0.5, 0.6) is 0 Å². The zero-order valence-electron chi connectivity index (χ0n) is 10.1. The van der Waals surface area contributed by atoms with Crippen molar-refractivity contribution in [1.29, 1.82) is 0 Å². The summed E-state index contributed by atoms with van der Waals surface area (Å²) in [6, 6.07) is 8.99. The lowest BCUT2D eigenvalue weighted by molar-refractivity contribution is 0.627. The molecule has 96 valence electrons. The molecule has 1 heterocycles. The molecule has 0 saturated carbocycles. The second-order valence-electron chi connectivity index (χ2n) is 4.22. The smallest absolute Gasteiger partial charge is 0.188 e. The van der Waals surface area contributed by atoms with Gasteiger partial charge in [-0.2, -0.15) is 0 Å². The van der Waals surface area contributed by atoms with E-state index in [1.807, 2.05) is 6.92 Å². The highest BCUT2D eigenvalue weighted by atomic mass is 32.1. The molecule has 0 radical (unpaired) electrons. The summed E-state index contributed by atoms with van der Waals surface area (Å²) in [5, 5.41) is 3.79. The number of fused-ring (bicyclic) bond motifs is 1. The molecule has 0 aliphatic rings. The summed E-state index contributed by atoms with van der Waals surface area (Å²) in [7, 11) is 0. The topological polar surface area (TPSA) is 24.9 Å². The molecule has 0 aliphatic heterocycles. The third-order valence-corrected chi connectivity index (χ3v) is 3.71. The van der Waals surface area contributed by atoms with Gasteiger partial charge in [0, 0.05) is 5.69 Å². The molecular formula is C14H10F2N2S. The molecule has 0 amide bonds. The van der Waals surface area contributed by atoms with Crippen LogP contribution in [0.1, 0.15) is 5.56 Å². The molecule has 0 fully saturated rings. The van der Waals surface area contributed by atoms with Crippen LogP contribution < -0.4 is 5.32 Å². The highest BCUT2D eigenvalue weighted by Gasteiger charge is 2.06. The van der Waals surface area contributed by atoms with Gasteiger partial charge in [0.2, 0.25) is 0 Å². The van der Waals surface area contributed by atoms with E-state index in [2.05, 4.69) is 10.3 Å². The summed E-state index contributed by atoms with van der Waals surface area (Å²) >= 11 is 1.36. The Labute approximate surface area is 112 Å². The molecule has 0 spiro atoms. The van der Waals surface area contributed by atoms with Gasteiger partial charge in [-0.05, 0) is 48.9 Å². The van der Waals surface area contributed by atoms with Gasteiger partial charge >= 0.3 is 0 Å². The van der Waals surface area contributed by atoms with Gasteiger partial charge in [-0.15, -0.1) is 0 Å². The number of benzene rings is 2. The van der Waals surface area contributed by atoms with Crippen LogP contribution in [0.3, 0.4) is 0 Å². The lowest BCUT2D eigenvalue weighted by Gasteiger charge is -2.05. The molecule has 2 nitrogen and oxygen atoms in total. The van der Waals surface area contributed by atoms with Crippen LogP contribution >= 0.6 is 11.3 Å². The Bertz CT molecular complexity index is 752. The summed E-state index contributed by atoms with van der Waals surface area (Å²) in [6.45, 7) is 1.82. The van der Waals surface area contributed by atoms with Crippen LogP contribution in [0.4, 0.5) is 19.6 Å². The maximum Gasteiger partial charge on any atom is 0.188 e. The van der Waals surface area contributed by atoms with Crippen LogP contribution in [0.15, 0.2) is 36.4 Å². The predicted molar refractivity (Wildman–Crippen MR) is 74.0 cm³/mol. The fourth-order valence-corrected chi connectivity index (χ4v) is 2.74. The van der Waals surface area contributed by atoms with E-state index in [9.17, 15) is 8.78 Å². The molecule has 3 aromatic rings. The average molecular weight is 276 g/mol. The summed E-state index contributed by atoms with van der Waals surface area (Å²) in [6.07, 6.45) is 0. The van der Waals surface area contributed by atoms with E-state index < -0.39 is 0 Å². The SMILES string of the molecule is Cc1cc(F)ccc1Nc1nc2ccc(F)cc2s1. The number of nitrogens with one attached hydrogen (secondary N) is 1. The largest absolute Gasteiger partial charge is 0.331 e. The Morgan fingerprint density at radius 1 is 1.05 bits per heavy atom. The zero-order valence-corrected chi connectivity index (χ0v) is 10.9. The monoisotopic (exact) mass is 276 g/mol. The number of hydrogen-bond donors (Lipinski definition) is 1. The molecule has 0 aliphatic carbocycles. The van der Waals surface area contributed by atoms with Crippen molar-refractivity contribution in [3.63, 3.8) is 0 Å². The van der Waals surface area contributed by atoms with E-state index >= 15 is 0 Å². The van der Waals surface area contributed by atoms with Gasteiger partial charge in [0.25, 0.3) is 0 Å². The van der Waals surface area contributed by atoms with Crippen molar-refractivity contribution in [1.82, 2.24) is 4.98 Å². The van der Waals surface area contributed by atoms with Crippen LogP contribution in [0, 0.1) is 18.6 Å². The molecular weight excluding hydrogens is 266 g/mol. The van der Waals surface area contributed by atoms with Crippen molar-refractivity contribution in [2.75, 3.05) is 5.32 Å². The van der Waals surface area contributed by atoms with Crippen LogP contribution in [0.25, 0.3) is 10.2 Å². The van der Waals surface area contributed by atoms with Gasteiger partial charge in [-0.1, -0.05) is 11.3 Å². The molecule has 3 rings (SSSR count). The Kier molecular flexibility index (Phi) is 2.91. The average Bonchev–Trinajstić information content (AvgIpc) is 2.74. The predicted octanol–water partition coefficient (Wildman–Crippen LogP) is 4.63. The zero-order chi connectivity index (χ0) is 13.4. The fourth-order valence-electron chi connectivity index (χ4n) is 1.83. The molecule has 1 N–H and O–H groups in total. The van der Waals surface area contributed by atoms with Crippen LogP contribution in [0.2, 0.25) is 0 Å². The summed E-state index contributed by atoms with van der Waals surface area (Å²) in [5.41, 5.74) is 2.33. The van der Waals surface area contributed by atoms with Gasteiger partial charge in [-0.25, -0.2) is 13.8 Å². The minimum absolute atomic E-state index is 0.269. The highest BCUT2D eigenvalue weighted by Crippen LogP contribution is 2.29. The minimum atomic E-state index is -0.277. The van der Waals surface area contributed by atoms with Gasteiger partial charge in [0.15, 0.2) is 5.13 Å². The molecule has 1 aromatic heterocycles. The number of thiazole rings is 1. The molecule has 0 unspecified atom stereocenters. The molecule has 0 atom stereocenters. The van der Waals surface area contributed by atoms with E-state index in [0.29, 0.717) is 5.13 Å². The summed E-state index contributed by atoms with van der Waals surface area (Å²) < 4.78 is 26.9. The third kappa shape index (κ3) is 2.42. The molecule has 5 heteroatoms. The van der Waals surface area contributed by atoms with Crippen molar-refractivity contribution >= 4 is 32.4 Å². The van der Waals surface area contributed by atoms with E-state index in [1.54, 1.807) is 12.1 Å². The normalized spacial score (nSPS) is 10.9. The van der Waals surface area contributed by atoms with Gasteiger partial charge < -0.3 is 5.32 Å². The second kappa shape index (κ2) is 4.59. The lowest BCUT2D eigenvalue weighted by Crippen LogP contribution is -1.92. The quantitative estimate of drug-likeness (QED) is 0.738.